The number of nitrogens with zero attached hydrogens (tertiary/aromatic N) is 1. The molecule has 0 amide bonds. The van der Waals surface area contributed by atoms with E-state index in [-0.39, 0.29) is 0 Å². The number of rotatable bonds is 5. The van der Waals surface area contributed by atoms with Crippen LogP contribution in [0.2, 0.25) is 0 Å². The quantitative estimate of drug-likeness (QED) is 0.705. The maximum absolute atomic E-state index is 12.9. The third-order valence-corrected chi connectivity index (χ3v) is 6.50. The molecule has 1 N–H and O–H groups in total. The largest absolute Gasteiger partial charge is 0.264 e. The summed E-state index contributed by atoms with van der Waals surface area (Å²) in [7, 11) is -3.64. The van der Waals surface area contributed by atoms with E-state index in [9.17, 15) is 8.42 Å². The maximum Gasteiger partial charge on any atom is 0.241 e. The van der Waals surface area contributed by atoms with Crippen LogP contribution in [0.5, 0.6) is 0 Å². The summed E-state index contributed by atoms with van der Waals surface area (Å²) in [6.45, 7) is 7.57. The van der Waals surface area contributed by atoms with Crippen LogP contribution in [0.4, 0.5) is 0 Å². The second-order valence-electron chi connectivity index (χ2n) is 7.27. The zero-order valence-corrected chi connectivity index (χ0v) is 16.8. The molecule has 3 rings (SSSR count). The molecule has 0 unspecified atom stereocenters. The first-order valence-electron chi connectivity index (χ1n) is 8.82. The van der Waals surface area contributed by atoms with Crippen molar-refractivity contribution in [3.63, 3.8) is 0 Å². The zero-order valence-electron chi connectivity index (χ0n) is 16.0. The third kappa shape index (κ3) is 4.10. The number of aromatic nitrogens is 1. The zero-order chi connectivity index (χ0) is 19.7. The van der Waals surface area contributed by atoms with E-state index in [1.807, 2.05) is 63.4 Å². The van der Waals surface area contributed by atoms with Gasteiger partial charge in [-0.3, -0.25) is 4.98 Å². The minimum absolute atomic E-state index is 0.305. The highest BCUT2D eigenvalue weighted by Gasteiger charge is 2.29. The average Bonchev–Trinajstić information content (AvgIpc) is 2.61. The molecule has 0 aliphatic rings. The van der Waals surface area contributed by atoms with Crippen LogP contribution in [0.1, 0.15) is 30.5 Å². The molecular weight excluding hydrogens is 356 g/mol. The lowest BCUT2D eigenvalue weighted by atomic mass is 9.92. The lowest BCUT2D eigenvalue weighted by Gasteiger charge is -2.27. The van der Waals surface area contributed by atoms with Gasteiger partial charge >= 0.3 is 0 Å². The van der Waals surface area contributed by atoms with Crippen LogP contribution in [-0.4, -0.2) is 13.4 Å². The second-order valence-corrected chi connectivity index (χ2v) is 8.92. The fourth-order valence-corrected chi connectivity index (χ4v) is 4.83. The van der Waals surface area contributed by atoms with Gasteiger partial charge in [-0.05, 0) is 73.7 Å². The van der Waals surface area contributed by atoms with E-state index in [1.54, 1.807) is 31.3 Å². The monoisotopic (exact) mass is 380 g/mol. The fraction of sp³-hybridized carbons (Fsp3) is 0.227. The number of nitrogens with one attached hydrogen (secondary N) is 1. The first-order valence-corrected chi connectivity index (χ1v) is 10.3. The van der Waals surface area contributed by atoms with E-state index in [4.69, 9.17) is 0 Å². The van der Waals surface area contributed by atoms with Crippen LogP contribution in [0.3, 0.4) is 0 Å². The summed E-state index contributed by atoms with van der Waals surface area (Å²) in [6.07, 6.45) is 3.59. The summed E-state index contributed by atoms with van der Waals surface area (Å²) < 4.78 is 28.7. The molecule has 1 aromatic heterocycles. The van der Waals surface area contributed by atoms with E-state index in [2.05, 4.69) is 9.71 Å². The number of aryl methyl sites for hydroxylation is 2. The lowest BCUT2D eigenvalue weighted by molar-refractivity contribution is 0.472. The van der Waals surface area contributed by atoms with E-state index < -0.39 is 15.6 Å². The predicted molar refractivity (Wildman–Crippen MR) is 109 cm³/mol. The van der Waals surface area contributed by atoms with Crippen molar-refractivity contribution >= 4 is 10.0 Å². The third-order valence-electron chi connectivity index (χ3n) is 4.69. The molecule has 0 aliphatic carbocycles. The predicted octanol–water partition coefficient (Wildman–Crippen LogP) is 4.58. The summed E-state index contributed by atoms with van der Waals surface area (Å²) in [4.78, 5) is 4.45. The highest BCUT2D eigenvalue weighted by Crippen LogP contribution is 2.29. The number of hydrogen-bond donors (Lipinski definition) is 1. The number of hydrogen-bond acceptors (Lipinski definition) is 3. The van der Waals surface area contributed by atoms with Gasteiger partial charge in [0.05, 0.1) is 10.4 Å². The van der Waals surface area contributed by atoms with Crippen LogP contribution in [0, 0.1) is 13.8 Å². The van der Waals surface area contributed by atoms with E-state index in [0.29, 0.717) is 4.90 Å². The van der Waals surface area contributed by atoms with Crippen molar-refractivity contribution in [2.24, 2.45) is 0 Å². The molecule has 2 aromatic carbocycles. The van der Waals surface area contributed by atoms with Crippen molar-refractivity contribution in [1.82, 2.24) is 9.71 Å². The molecule has 0 aliphatic heterocycles. The molecule has 0 atom stereocenters. The maximum atomic E-state index is 12.9. The van der Waals surface area contributed by atoms with Gasteiger partial charge in [-0.2, -0.15) is 0 Å². The average molecular weight is 381 g/mol. The molecule has 0 bridgehead atoms. The highest BCUT2D eigenvalue weighted by molar-refractivity contribution is 7.89. The van der Waals surface area contributed by atoms with Gasteiger partial charge in [0, 0.05) is 12.4 Å². The topological polar surface area (TPSA) is 59.1 Å². The Morgan fingerprint density at radius 3 is 2.37 bits per heavy atom. The standard InChI is InChI=1S/C22H24N2O2S/c1-16-8-5-6-11-21(16)27(25,26)24-22(3,4)19-10-7-9-18(14-19)20-12-13-23-15-17(20)2/h5-15,24H,1-4H3. The molecule has 3 aromatic rings. The van der Waals surface area contributed by atoms with Gasteiger partial charge in [0.25, 0.3) is 0 Å². The van der Waals surface area contributed by atoms with Crippen LogP contribution < -0.4 is 4.72 Å². The Balaban J connectivity index is 1.97. The van der Waals surface area contributed by atoms with E-state index in [1.165, 1.54) is 0 Å². The first-order chi connectivity index (χ1) is 12.7. The van der Waals surface area contributed by atoms with Crippen molar-refractivity contribution in [3.05, 3.63) is 83.7 Å². The van der Waals surface area contributed by atoms with Gasteiger partial charge in [0.15, 0.2) is 0 Å². The van der Waals surface area contributed by atoms with Gasteiger partial charge in [0.1, 0.15) is 0 Å². The Bertz CT molecular complexity index is 1070. The smallest absolute Gasteiger partial charge is 0.241 e. The summed E-state index contributed by atoms with van der Waals surface area (Å²) in [5, 5.41) is 0. The second kappa shape index (κ2) is 7.25. The fourth-order valence-electron chi connectivity index (χ4n) is 3.18. The first kappa shape index (κ1) is 19.3. The van der Waals surface area contributed by atoms with Gasteiger partial charge in [0.2, 0.25) is 10.0 Å². The van der Waals surface area contributed by atoms with Crippen molar-refractivity contribution in [2.75, 3.05) is 0 Å². The molecule has 140 valence electrons. The Kier molecular flexibility index (Phi) is 5.18. The van der Waals surface area contributed by atoms with Crippen LogP contribution in [0.15, 0.2) is 71.9 Å². The minimum atomic E-state index is -3.64. The van der Waals surface area contributed by atoms with E-state index >= 15 is 0 Å². The molecular formula is C22H24N2O2S. The highest BCUT2D eigenvalue weighted by atomic mass is 32.2. The minimum Gasteiger partial charge on any atom is -0.264 e. The Morgan fingerprint density at radius 2 is 1.67 bits per heavy atom. The summed E-state index contributed by atoms with van der Waals surface area (Å²) in [5.74, 6) is 0. The van der Waals surface area contributed by atoms with Gasteiger partial charge in [-0.25, -0.2) is 13.1 Å². The van der Waals surface area contributed by atoms with Crippen LogP contribution in [-0.2, 0) is 15.6 Å². The van der Waals surface area contributed by atoms with Gasteiger partial charge in [-0.1, -0.05) is 36.4 Å². The summed E-state index contributed by atoms with van der Waals surface area (Å²) in [6, 6.07) is 16.9. The van der Waals surface area contributed by atoms with Crippen LogP contribution in [0.25, 0.3) is 11.1 Å². The van der Waals surface area contributed by atoms with Gasteiger partial charge < -0.3 is 0 Å². The number of pyridine rings is 1. The molecule has 0 saturated carbocycles. The molecule has 0 radical (unpaired) electrons. The summed E-state index contributed by atoms with van der Waals surface area (Å²) >= 11 is 0. The number of benzene rings is 2. The molecule has 0 saturated heterocycles. The molecule has 27 heavy (non-hydrogen) atoms. The Hall–Kier alpha value is -2.50. The van der Waals surface area contributed by atoms with Crippen molar-refractivity contribution < 1.29 is 8.42 Å². The van der Waals surface area contributed by atoms with Crippen molar-refractivity contribution in [3.8, 4) is 11.1 Å². The molecule has 4 nitrogen and oxygen atoms in total. The molecule has 0 spiro atoms. The lowest BCUT2D eigenvalue weighted by Crippen LogP contribution is -2.41. The SMILES string of the molecule is Cc1cnccc1-c1cccc(C(C)(C)NS(=O)(=O)c2ccccc2C)c1. The van der Waals surface area contributed by atoms with E-state index in [0.717, 1.165) is 27.8 Å². The van der Waals surface area contributed by atoms with Crippen molar-refractivity contribution in [1.29, 1.82) is 0 Å². The molecule has 5 heteroatoms. The van der Waals surface area contributed by atoms with Crippen LogP contribution >= 0.6 is 0 Å². The van der Waals surface area contributed by atoms with Gasteiger partial charge in [-0.15, -0.1) is 0 Å². The normalized spacial score (nSPS) is 12.1. The summed E-state index contributed by atoms with van der Waals surface area (Å²) in [5.41, 5.74) is 4.06. The Labute approximate surface area is 161 Å². The Morgan fingerprint density at radius 1 is 0.926 bits per heavy atom. The number of sulfonamides is 1. The molecule has 1 heterocycles. The molecule has 0 fully saturated rings. The van der Waals surface area contributed by atoms with Crippen molar-refractivity contribution in [2.45, 2.75) is 38.1 Å².